The molecule has 2 atom stereocenters. The smallest absolute Gasteiger partial charge is 0.00702 e. The molecule has 1 N–H and O–H groups in total. The Hall–Kier alpha value is -0.820. The molecule has 1 aliphatic heterocycles. The zero-order valence-corrected chi connectivity index (χ0v) is 11.9. The summed E-state index contributed by atoms with van der Waals surface area (Å²) >= 11 is 0. The highest BCUT2D eigenvalue weighted by atomic mass is 14.9. The van der Waals surface area contributed by atoms with Crippen LogP contribution in [-0.2, 0) is 6.42 Å². The zero-order valence-electron chi connectivity index (χ0n) is 11.9. The number of benzene rings is 1. The molecule has 100 valence electrons. The third kappa shape index (κ3) is 3.84. The monoisotopic (exact) mass is 245 g/mol. The van der Waals surface area contributed by atoms with Crippen molar-refractivity contribution in [3.05, 3.63) is 35.4 Å². The van der Waals surface area contributed by atoms with Gasteiger partial charge in [-0.15, -0.1) is 0 Å². The van der Waals surface area contributed by atoms with Crippen LogP contribution in [0.2, 0.25) is 0 Å². The Kier molecular flexibility index (Phi) is 5.25. The Morgan fingerprint density at radius 1 is 1.22 bits per heavy atom. The molecule has 0 spiro atoms. The van der Waals surface area contributed by atoms with E-state index in [0.717, 1.165) is 6.04 Å². The van der Waals surface area contributed by atoms with Crippen molar-refractivity contribution in [1.29, 1.82) is 0 Å². The van der Waals surface area contributed by atoms with Crippen LogP contribution in [-0.4, -0.2) is 12.6 Å². The molecule has 1 aromatic rings. The van der Waals surface area contributed by atoms with Crippen molar-refractivity contribution in [1.82, 2.24) is 5.32 Å². The van der Waals surface area contributed by atoms with Crippen LogP contribution >= 0.6 is 0 Å². The first-order valence-corrected chi connectivity index (χ1v) is 7.62. The molecule has 0 radical (unpaired) electrons. The Bertz CT molecular complexity index is 335. The van der Waals surface area contributed by atoms with E-state index in [9.17, 15) is 0 Å². The lowest BCUT2D eigenvalue weighted by Gasteiger charge is -2.23. The van der Waals surface area contributed by atoms with Crippen molar-refractivity contribution < 1.29 is 0 Å². The third-order valence-electron chi connectivity index (χ3n) is 4.35. The molecule has 0 aliphatic carbocycles. The maximum atomic E-state index is 3.63. The van der Waals surface area contributed by atoms with E-state index >= 15 is 0 Å². The van der Waals surface area contributed by atoms with Crippen LogP contribution in [0.25, 0.3) is 0 Å². The summed E-state index contributed by atoms with van der Waals surface area (Å²) in [5.41, 5.74) is 2.98. The number of rotatable bonds is 5. The van der Waals surface area contributed by atoms with Crippen LogP contribution in [0.4, 0.5) is 0 Å². The predicted molar refractivity (Wildman–Crippen MR) is 79.1 cm³/mol. The second kappa shape index (κ2) is 6.94. The van der Waals surface area contributed by atoms with Crippen molar-refractivity contribution in [3.8, 4) is 0 Å². The topological polar surface area (TPSA) is 12.0 Å². The van der Waals surface area contributed by atoms with Gasteiger partial charge in [0.15, 0.2) is 0 Å². The Labute approximate surface area is 112 Å². The van der Waals surface area contributed by atoms with Gasteiger partial charge in [-0.05, 0) is 55.7 Å². The molecule has 18 heavy (non-hydrogen) atoms. The molecule has 1 aliphatic rings. The van der Waals surface area contributed by atoms with Gasteiger partial charge in [0, 0.05) is 6.04 Å². The molecule has 0 amide bonds. The van der Waals surface area contributed by atoms with Crippen molar-refractivity contribution in [2.75, 3.05) is 6.54 Å². The number of hydrogen-bond acceptors (Lipinski definition) is 1. The van der Waals surface area contributed by atoms with Gasteiger partial charge in [0.05, 0.1) is 0 Å². The molecule has 1 nitrogen and oxygen atoms in total. The maximum Gasteiger partial charge on any atom is 0.00702 e. The molecule has 1 fully saturated rings. The molecular weight excluding hydrogens is 218 g/mol. The minimum Gasteiger partial charge on any atom is -0.314 e. The van der Waals surface area contributed by atoms with E-state index in [2.05, 4.69) is 43.4 Å². The highest BCUT2D eigenvalue weighted by Gasteiger charge is 2.12. The fourth-order valence-corrected chi connectivity index (χ4v) is 2.76. The minimum absolute atomic E-state index is 0.694. The fraction of sp³-hybridized carbons (Fsp3) is 0.647. The average Bonchev–Trinajstić information content (AvgIpc) is 2.46. The second-order valence-corrected chi connectivity index (χ2v) is 5.74. The first-order valence-electron chi connectivity index (χ1n) is 7.62. The second-order valence-electron chi connectivity index (χ2n) is 5.74. The summed E-state index contributed by atoms with van der Waals surface area (Å²) in [5, 5.41) is 3.63. The predicted octanol–water partition coefficient (Wildman–Crippen LogP) is 4.27. The number of nitrogens with one attached hydrogen (secondary N) is 1. The van der Waals surface area contributed by atoms with E-state index in [0.29, 0.717) is 5.92 Å². The average molecular weight is 245 g/mol. The molecule has 0 aromatic heterocycles. The summed E-state index contributed by atoms with van der Waals surface area (Å²) < 4.78 is 0. The normalized spacial score (nSPS) is 21.8. The molecule has 1 saturated heterocycles. The molecule has 2 unspecified atom stereocenters. The Morgan fingerprint density at radius 3 is 2.61 bits per heavy atom. The van der Waals surface area contributed by atoms with E-state index in [1.807, 2.05) is 0 Å². The summed E-state index contributed by atoms with van der Waals surface area (Å²) in [6.45, 7) is 5.78. The lowest BCUT2D eigenvalue weighted by Crippen LogP contribution is -2.34. The first kappa shape index (κ1) is 13.6. The van der Waals surface area contributed by atoms with Crippen molar-refractivity contribution in [2.24, 2.45) is 0 Å². The number of piperidine rings is 1. The van der Waals surface area contributed by atoms with Gasteiger partial charge >= 0.3 is 0 Å². The van der Waals surface area contributed by atoms with Crippen molar-refractivity contribution in [2.45, 2.75) is 64.3 Å². The Morgan fingerprint density at radius 2 is 2.00 bits per heavy atom. The largest absolute Gasteiger partial charge is 0.314 e. The van der Waals surface area contributed by atoms with Gasteiger partial charge in [-0.2, -0.15) is 0 Å². The van der Waals surface area contributed by atoms with Gasteiger partial charge < -0.3 is 5.32 Å². The van der Waals surface area contributed by atoms with E-state index < -0.39 is 0 Å². The van der Waals surface area contributed by atoms with E-state index in [1.54, 1.807) is 0 Å². The summed E-state index contributed by atoms with van der Waals surface area (Å²) in [4.78, 5) is 0. The van der Waals surface area contributed by atoms with Crippen molar-refractivity contribution in [3.63, 3.8) is 0 Å². The van der Waals surface area contributed by atoms with E-state index in [4.69, 9.17) is 0 Å². The molecular formula is C17H27N. The van der Waals surface area contributed by atoms with Gasteiger partial charge in [-0.3, -0.25) is 0 Å². The molecule has 1 aromatic carbocycles. The van der Waals surface area contributed by atoms with Gasteiger partial charge in [0.25, 0.3) is 0 Å². The van der Waals surface area contributed by atoms with Crippen LogP contribution in [0.15, 0.2) is 24.3 Å². The standard InChI is InChI=1S/C17H27N/c1-3-14(2)16-10-7-15(8-11-16)9-12-17-6-4-5-13-18-17/h7-8,10-11,14,17-18H,3-6,9,12-13H2,1-2H3. The molecule has 0 bridgehead atoms. The van der Waals surface area contributed by atoms with Crippen molar-refractivity contribution >= 4 is 0 Å². The number of hydrogen-bond donors (Lipinski definition) is 1. The molecule has 0 saturated carbocycles. The summed E-state index contributed by atoms with van der Waals surface area (Å²) in [6, 6.07) is 10.0. The van der Waals surface area contributed by atoms with Crippen LogP contribution < -0.4 is 5.32 Å². The highest BCUT2D eigenvalue weighted by molar-refractivity contribution is 5.25. The quantitative estimate of drug-likeness (QED) is 0.816. The SMILES string of the molecule is CCC(C)c1ccc(CCC2CCCCN2)cc1. The third-order valence-corrected chi connectivity index (χ3v) is 4.35. The van der Waals surface area contributed by atoms with Gasteiger partial charge in [-0.1, -0.05) is 44.5 Å². The van der Waals surface area contributed by atoms with Gasteiger partial charge in [-0.25, -0.2) is 0 Å². The first-order chi connectivity index (χ1) is 8.79. The zero-order chi connectivity index (χ0) is 12.8. The number of aryl methyl sites for hydroxylation is 1. The highest BCUT2D eigenvalue weighted by Crippen LogP contribution is 2.20. The lowest BCUT2D eigenvalue weighted by molar-refractivity contribution is 0.383. The summed E-state index contributed by atoms with van der Waals surface area (Å²) in [7, 11) is 0. The Balaban J connectivity index is 1.82. The maximum absolute atomic E-state index is 3.63. The van der Waals surface area contributed by atoms with Crippen LogP contribution in [0.3, 0.4) is 0 Å². The summed E-state index contributed by atoms with van der Waals surface area (Å²) in [5.74, 6) is 0.694. The molecule has 1 heteroatoms. The van der Waals surface area contributed by atoms with Gasteiger partial charge in [0.1, 0.15) is 0 Å². The minimum atomic E-state index is 0.694. The van der Waals surface area contributed by atoms with E-state index in [1.165, 1.54) is 56.2 Å². The summed E-state index contributed by atoms with van der Waals surface area (Å²) in [6.07, 6.45) is 7.88. The van der Waals surface area contributed by atoms with Crippen LogP contribution in [0, 0.1) is 0 Å². The van der Waals surface area contributed by atoms with Gasteiger partial charge in [0.2, 0.25) is 0 Å². The molecule has 2 rings (SSSR count). The molecule has 1 heterocycles. The van der Waals surface area contributed by atoms with Crippen LogP contribution in [0.5, 0.6) is 0 Å². The lowest BCUT2D eigenvalue weighted by atomic mass is 9.95. The fourth-order valence-electron chi connectivity index (χ4n) is 2.76. The van der Waals surface area contributed by atoms with E-state index in [-0.39, 0.29) is 0 Å². The van der Waals surface area contributed by atoms with Crippen LogP contribution in [0.1, 0.15) is 63.0 Å².